The van der Waals surface area contributed by atoms with Crippen LogP contribution in [0.2, 0.25) is 0 Å². The molecule has 1 aromatic carbocycles. The van der Waals surface area contributed by atoms with Crippen LogP contribution in [0.25, 0.3) is 0 Å². The summed E-state index contributed by atoms with van der Waals surface area (Å²) in [6, 6.07) is 2.04. The predicted octanol–water partition coefficient (Wildman–Crippen LogP) is 3.55. The van der Waals surface area contributed by atoms with E-state index in [4.69, 9.17) is 0 Å². The van der Waals surface area contributed by atoms with E-state index in [1.165, 1.54) is 13.0 Å². The van der Waals surface area contributed by atoms with Crippen LogP contribution in [0, 0.1) is 18.7 Å². The van der Waals surface area contributed by atoms with E-state index in [2.05, 4.69) is 5.32 Å². The highest BCUT2D eigenvalue weighted by Gasteiger charge is 2.28. The zero-order valence-electron chi connectivity index (χ0n) is 13.1. The third-order valence-corrected chi connectivity index (χ3v) is 4.04. The number of carbonyl (C=O) groups excluding carboxylic acids is 2. The van der Waals surface area contributed by atoms with E-state index in [-0.39, 0.29) is 28.6 Å². The molecule has 0 aromatic heterocycles. The van der Waals surface area contributed by atoms with Crippen LogP contribution in [0.4, 0.5) is 23.2 Å². The third kappa shape index (κ3) is 4.69. The summed E-state index contributed by atoms with van der Waals surface area (Å²) in [6.45, 7) is -0.0813. The second-order valence-electron chi connectivity index (χ2n) is 5.90. The average Bonchev–Trinajstić information content (AvgIpc) is 3.02. The lowest BCUT2D eigenvalue weighted by atomic mass is 10.1. The number of halogens is 4. The summed E-state index contributed by atoms with van der Waals surface area (Å²) >= 11 is 0. The molecule has 24 heavy (non-hydrogen) atoms. The molecular weight excluding hydrogens is 328 g/mol. The minimum Gasteiger partial charge on any atom is -0.343 e. The monoisotopic (exact) mass is 346 g/mol. The first-order valence-corrected chi connectivity index (χ1v) is 7.63. The van der Waals surface area contributed by atoms with Crippen molar-refractivity contribution in [1.29, 1.82) is 0 Å². The van der Waals surface area contributed by atoms with Crippen molar-refractivity contribution < 1.29 is 27.2 Å². The summed E-state index contributed by atoms with van der Waals surface area (Å²) in [7, 11) is 0. The van der Waals surface area contributed by atoms with Gasteiger partial charge < -0.3 is 10.6 Å². The SMILES string of the molecule is Cc1c(F)cc(C(=O)NCC(F)(F)F)cc1NC(=O)C1CCCC1. The van der Waals surface area contributed by atoms with E-state index in [0.717, 1.165) is 31.7 Å². The Morgan fingerprint density at radius 2 is 1.83 bits per heavy atom. The first kappa shape index (κ1) is 18.2. The largest absolute Gasteiger partial charge is 0.405 e. The number of benzene rings is 1. The summed E-state index contributed by atoms with van der Waals surface area (Å²) in [5.74, 6) is -2.24. The van der Waals surface area contributed by atoms with Crippen molar-refractivity contribution in [3.63, 3.8) is 0 Å². The topological polar surface area (TPSA) is 58.2 Å². The first-order valence-electron chi connectivity index (χ1n) is 7.63. The lowest BCUT2D eigenvalue weighted by molar-refractivity contribution is -0.123. The molecule has 1 fully saturated rings. The molecule has 0 unspecified atom stereocenters. The number of hydrogen-bond acceptors (Lipinski definition) is 2. The molecule has 0 heterocycles. The fraction of sp³-hybridized carbons (Fsp3) is 0.500. The molecule has 0 aliphatic heterocycles. The molecule has 0 atom stereocenters. The molecule has 2 N–H and O–H groups in total. The van der Waals surface area contributed by atoms with Crippen molar-refractivity contribution in [2.45, 2.75) is 38.8 Å². The minimum atomic E-state index is -4.56. The molecular formula is C16H18F4N2O2. The van der Waals surface area contributed by atoms with Gasteiger partial charge in [0.2, 0.25) is 5.91 Å². The molecule has 0 saturated heterocycles. The van der Waals surface area contributed by atoms with Gasteiger partial charge in [-0.05, 0) is 31.9 Å². The number of anilines is 1. The lowest BCUT2D eigenvalue weighted by Crippen LogP contribution is -2.33. The summed E-state index contributed by atoms with van der Waals surface area (Å²) in [5, 5.41) is 4.26. The maximum atomic E-state index is 13.9. The van der Waals surface area contributed by atoms with Gasteiger partial charge >= 0.3 is 6.18 Å². The van der Waals surface area contributed by atoms with Crippen LogP contribution < -0.4 is 10.6 Å². The van der Waals surface area contributed by atoms with Gasteiger partial charge in [0.1, 0.15) is 12.4 Å². The maximum Gasteiger partial charge on any atom is 0.405 e. The van der Waals surface area contributed by atoms with E-state index in [0.29, 0.717) is 0 Å². The van der Waals surface area contributed by atoms with Gasteiger partial charge in [-0.3, -0.25) is 9.59 Å². The van der Waals surface area contributed by atoms with Gasteiger partial charge in [-0.2, -0.15) is 13.2 Å². The van der Waals surface area contributed by atoms with Gasteiger partial charge in [0.05, 0.1) is 0 Å². The van der Waals surface area contributed by atoms with Gasteiger partial charge in [-0.25, -0.2) is 4.39 Å². The van der Waals surface area contributed by atoms with Crippen LogP contribution in [0.15, 0.2) is 12.1 Å². The molecule has 0 bridgehead atoms. The van der Waals surface area contributed by atoms with E-state index < -0.39 is 24.4 Å². The van der Waals surface area contributed by atoms with E-state index >= 15 is 0 Å². The second kappa shape index (κ2) is 7.19. The lowest BCUT2D eigenvalue weighted by Gasteiger charge is -2.15. The van der Waals surface area contributed by atoms with Crippen molar-refractivity contribution in [2.75, 3.05) is 11.9 Å². The van der Waals surface area contributed by atoms with Crippen LogP contribution in [0.1, 0.15) is 41.6 Å². The molecule has 1 saturated carbocycles. The van der Waals surface area contributed by atoms with Crippen molar-refractivity contribution in [3.8, 4) is 0 Å². The molecule has 0 spiro atoms. The van der Waals surface area contributed by atoms with Crippen LogP contribution in [0.3, 0.4) is 0 Å². The molecule has 132 valence electrons. The fourth-order valence-corrected chi connectivity index (χ4v) is 2.65. The van der Waals surface area contributed by atoms with Crippen molar-refractivity contribution in [1.82, 2.24) is 5.32 Å². The Hall–Kier alpha value is -2.12. The smallest absolute Gasteiger partial charge is 0.343 e. The van der Waals surface area contributed by atoms with Crippen LogP contribution in [-0.2, 0) is 4.79 Å². The first-order chi connectivity index (χ1) is 11.2. The van der Waals surface area contributed by atoms with E-state index in [1.54, 1.807) is 5.32 Å². The predicted molar refractivity (Wildman–Crippen MR) is 80.1 cm³/mol. The minimum absolute atomic E-state index is 0.101. The van der Waals surface area contributed by atoms with Crippen LogP contribution >= 0.6 is 0 Å². The Morgan fingerprint density at radius 1 is 1.21 bits per heavy atom. The molecule has 4 nitrogen and oxygen atoms in total. The molecule has 2 rings (SSSR count). The third-order valence-electron chi connectivity index (χ3n) is 4.04. The quantitative estimate of drug-likeness (QED) is 0.819. The Kier molecular flexibility index (Phi) is 5.46. The zero-order valence-corrected chi connectivity index (χ0v) is 13.1. The molecule has 1 aliphatic rings. The summed E-state index contributed by atoms with van der Waals surface area (Å²) < 4.78 is 50.4. The van der Waals surface area contributed by atoms with E-state index in [9.17, 15) is 27.2 Å². The molecule has 8 heteroatoms. The number of amides is 2. The highest BCUT2D eigenvalue weighted by Crippen LogP contribution is 2.28. The van der Waals surface area contributed by atoms with Crippen LogP contribution in [-0.4, -0.2) is 24.5 Å². The molecule has 2 amide bonds. The van der Waals surface area contributed by atoms with Gasteiger partial charge in [0.25, 0.3) is 5.91 Å². The van der Waals surface area contributed by atoms with Crippen molar-refractivity contribution in [2.24, 2.45) is 5.92 Å². The molecule has 0 radical (unpaired) electrons. The Bertz CT molecular complexity index is 638. The van der Waals surface area contributed by atoms with Crippen molar-refractivity contribution in [3.05, 3.63) is 29.1 Å². The van der Waals surface area contributed by atoms with E-state index in [1.807, 2.05) is 0 Å². The Labute approximate surface area is 136 Å². The number of nitrogens with one attached hydrogen (secondary N) is 2. The average molecular weight is 346 g/mol. The van der Waals surface area contributed by atoms with Gasteiger partial charge in [-0.1, -0.05) is 12.8 Å². The summed E-state index contributed by atoms with van der Waals surface area (Å²) in [6.07, 6.45) is -1.16. The summed E-state index contributed by atoms with van der Waals surface area (Å²) in [4.78, 5) is 23.9. The highest BCUT2D eigenvalue weighted by atomic mass is 19.4. The highest BCUT2D eigenvalue weighted by molar-refractivity contribution is 5.98. The number of rotatable bonds is 4. The molecule has 1 aromatic rings. The van der Waals surface area contributed by atoms with Gasteiger partial charge in [0, 0.05) is 22.7 Å². The Balaban J connectivity index is 2.15. The number of carbonyl (C=O) groups is 2. The molecule has 1 aliphatic carbocycles. The van der Waals surface area contributed by atoms with Gasteiger partial charge in [0.15, 0.2) is 0 Å². The van der Waals surface area contributed by atoms with Crippen molar-refractivity contribution >= 4 is 17.5 Å². The maximum absolute atomic E-state index is 13.9. The second-order valence-corrected chi connectivity index (χ2v) is 5.90. The zero-order chi connectivity index (χ0) is 17.9. The standard InChI is InChI=1S/C16H18F4N2O2/c1-9-12(17)6-11(14(23)21-8-16(18,19)20)7-13(9)22-15(24)10-4-2-3-5-10/h6-7,10H,2-5,8H2,1H3,(H,21,23)(H,22,24). The number of hydrogen-bond donors (Lipinski definition) is 2. The normalized spacial score (nSPS) is 15.4. The fourth-order valence-electron chi connectivity index (χ4n) is 2.65. The summed E-state index contributed by atoms with van der Waals surface area (Å²) in [5.41, 5.74) is -0.0400. The van der Waals surface area contributed by atoms with Crippen LogP contribution in [0.5, 0.6) is 0 Å². The Morgan fingerprint density at radius 3 is 2.42 bits per heavy atom. The number of alkyl halides is 3. The van der Waals surface area contributed by atoms with Gasteiger partial charge in [-0.15, -0.1) is 0 Å².